The molecule has 1 aromatic carbocycles. The number of halogens is 1. The highest BCUT2D eigenvalue weighted by atomic mass is 35.5. The molecule has 0 saturated carbocycles. The van der Waals surface area contributed by atoms with Crippen LogP contribution < -0.4 is 4.74 Å². The maximum Gasteiger partial charge on any atom is 0.198 e. The second kappa shape index (κ2) is 4.19. The number of benzene rings is 1. The van der Waals surface area contributed by atoms with E-state index in [1.807, 2.05) is 0 Å². The van der Waals surface area contributed by atoms with Gasteiger partial charge in [0.25, 0.3) is 0 Å². The molecule has 1 unspecified atom stereocenters. The topological polar surface area (TPSA) is 43.4 Å². The van der Waals surface area contributed by atoms with E-state index in [-0.39, 0.29) is 4.90 Å². The second-order valence-electron chi connectivity index (χ2n) is 2.74. The van der Waals surface area contributed by atoms with Crippen molar-refractivity contribution >= 4 is 21.4 Å². The predicted octanol–water partition coefficient (Wildman–Crippen LogP) is 2.05. The minimum Gasteiger partial charge on any atom is -0.495 e. The van der Waals surface area contributed by atoms with Crippen LogP contribution >= 0.6 is 11.6 Å². The molecular formula is C9H11ClO3S. The van der Waals surface area contributed by atoms with Crippen molar-refractivity contribution in [3.05, 3.63) is 24.3 Å². The van der Waals surface area contributed by atoms with E-state index in [1.165, 1.54) is 20.1 Å². The summed E-state index contributed by atoms with van der Waals surface area (Å²) in [6.45, 7) is 1.42. The Morgan fingerprint density at radius 3 is 2.43 bits per heavy atom. The minimum absolute atomic E-state index is 0.130. The van der Waals surface area contributed by atoms with Crippen LogP contribution in [0.4, 0.5) is 0 Å². The van der Waals surface area contributed by atoms with E-state index in [0.29, 0.717) is 5.75 Å². The van der Waals surface area contributed by atoms with Crippen LogP contribution in [0.2, 0.25) is 0 Å². The molecule has 0 aliphatic carbocycles. The van der Waals surface area contributed by atoms with Gasteiger partial charge in [0.05, 0.1) is 7.11 Å². The lowest BCUT2D eigenvalue weighted by Gasteiger charge is -2.10. The second-order valence-corrected chi connectivity index (χ2v) is 5.89. The van der Waals surface area contributed by atoms with Crippen LogP contribution in [-0.2, 0) is 9.84 Å². The standard InChI is InChI=1S/C9H11ClO3S/c1-7(10)14(11,12)9-6-4-3-5-8(9)13-2/h3-7H,1-2H3. The molecule has 0 aliphatic rings. The van der Waals surface area contributed by atoms with Gasteiger partial charge in [0.1, 0.15) is 15.4 Å². The van der Waals surface area contributed by atoms with Gasteiger partial charge in [0.2, 0.25) is 0 Å². The first-order valence-corrected chi connectivity index (χ1v) is 5.99. The molecule has 78 valence electrons. The van der Waals surface area contributed by atoms with Crippen molar-refractivity contribution in [2.45, 2.75) is 16.5 Å². The highest BCUT2D eigenvalue weighted by molar-refractivity contribution is 7.93. The molecule has 14 heavy (non-hydrogen) atoms. The first-order valence-electron chi connectivity index (χ1n) is 4.01. The van der Waals surface area contributed by atoms with Crippen LogP contribution in [-0.4, -0.2) is 20.2 Å². The summed E-state index contributed by atoms with van der Waals surface area (Å²) in [5.74, 6) is 0.319. The van der Waals surface area contributed by atoms with Crippen LogP contribution in [0.3, 0.4) is 0 Å². The Labute approximate surface area is 88.6 Å². The van der Waals surface area contributed by atoms with E-state index < -0.39 is 14.5 Å². The van der Waals surface area contributed by atoms with Gasteiger partial charge in [-0.1, -0.05) is 12.1 Å². The average Bonchev–Trinajstić information content (AvgIpc) is 2.17. The summed E-state index contributed by atoms with van der Waals surface area (Å²) in [6.07, 6.45) is 0. The van der Waals surface area contributed by atoms with Crippen molar-refractivity contribution in [3.63, 3.8) is 0 Å². The summed E-state index contributed by atoms with van der Waals surface area (Å²) >= 11 is 5.59. The molecule has 0 heterocycles. The van der Waals surface area contributed by atoms with Crippen molar-refractivity contribution in [2.24, 2.45) is 0 Å². The van der Waals surface area contributed by atoms with Gasteiger partial charge < -0.3 is 4.74 Å². The molecule has 0 amide bonds. The van der Waals surface area contributed by atoms with Crippen LogP contribution in [0, 0.1) is 0 Å². The zero-order valence-electron chi connectivity index (χ0n) is 7.90. The zero-order valence-corrected chi connectivity index (χ0v) is 9.47. The molecule has 0 bridgehead atoms. The molecule has 1 rings (SSSR count). The molecule has 3 nitrogen and oxygen atoms in total. The van der Waals surface area contributed by atoms with E-state index in [2.05, 4.69) is 0 Å². The van der Waals surface area contributed by atoms with Gasteiger partial charge in [-0.25, -0.2) is 8.42 Å². The van der Waals surface area contributed by atoms with E-state index in [0.717, 1.165) is 0 Å². The molecular weight excluding hydrogens is 224 g/mol. The van der Waals surface area contributed by atoms with Crippen molar-refractivity contribution in [2.75, 3.05) is 7.11 Å². The monoisotopic (exact) mass is 234 g/mol. The first kappa shape index (κ1) is 11.3. The van der Waals surface area contributed by atoms with Gasteiger partial charge >= 0.3 is 0 Å². The molecule has 1 atom stereocenters. The van der Waals surface area contributed by atoms with Crippen LogP contribution in [0.1, 0.15) is 6.92 Å². The normalized spacial score (nSPS) is 13.6. The third kappa shape index (κ3) is 2.01. The van der Waals surface area contributed by atoms with E-state index in [4.69, 9.17) is 16.3 Å². The lowest BCUT2D eigenvalue weighted by Crippen LogP contribution is -2.12. The first-order chi connectivity index (χ1) is 6.50. The minimum atomic E-state index is -3.48. The number of rotatable bonds is 3. The highest BCUT2D eigenvalue weighted by Gasteiger charge is 2.24. The third-order valence-electron chi connectivity index (χ3n) is 1.80. The molecule has 0 aromatic heterocycles. The third-order valence-corrected chi connectivity index (χ3v) is 4.31. The zero-order chi connectivity index (χ0) is 10.8. The number of methoxy groups -OCH3 is 1. The van der Waals surface area contributed by atoms with Crippen LogP contribution in [0.25, 0.3) is 0 Å². The fraction of sp³-hybridized carbons (Fsp3) is 0.333. The Morgan fingerprint density at radius 2 is 1.93 bits per heavy atom. The van der Waals surface area contributed by atoms with Gasteiger partial charge in [0, 0.05) is 0 Å². The van der Waals surface area contributed by atoms with Gasteiger partial charge in [0.15, 0.2) is 9.84 Å². The number of hydrogen-bond donors (Lipinski definition) is 0. The summed E-state index contributed by atoms with van der Waals surface area (Å²) < 4.78 is 27.4. The Hall–Kier alpha value is -0.740. The summed E-state index contributed by atoms with van der Waals surface area (Å²) in [5, 5.41) is 0. The molecule has 1 aromatic rings. The number of sulfone groups is 1. The lowest BCUT2D eigenvalue weighted by atomic mass is 10.3. The summed E-state index contributed by atoms with van der Waals surface area (Å²) in [5.41, 5.74) is 0. The van der Waals surface area contributed by atoms with Crippen molar-refractivity contribution in [1.82, 2.24) is 0 Å². The Morgan fingerprint density at radius 1 is 1.36 bits per heavy atom. The predicted molar refractivity (Wildman–Crippen MR) is 55.5 cm³/mol. The average molecular weight is 235 g/mol. The fourth-order valence-corrected chi connectivity index (χ4v) is 2.37. The molecule has 5 heteroatoms. The maximum absolute atomic E-state index is 11.7. The molecule has 0 N–H and O–H groups in total. The largest absolute Gasteiger partial charge is 0.495 e. The van der Waals surface area contributed by atoms with E-state index >= 15 is 0 Å². The van der Waals surface area contributed by atoms with Gasteiger partial charge in [-0.2, -0.15) is 0 Å². The lowest BCUT2D eigenvalue weighted by molar-refractivity contribution is 0.402. The Bertz CT molecular complexity index is 412. The van der Waals surface area contributed by atoms with Crippen LogP contribution in [0.15, 0.2) is 29.2 Å². The Kier molecular flexibility index (Phi) is 3.39. The summed E-state index contributed by atoms with van der Waals surface area (Å²) in [7, 11) is -2.06. The van der Waals surface area contributed by atoms with Crippen LogP contribution in [0.5, 0.6) is 5.75 Å². The maximum atomic E-state index is 11.7. The van der Waals surface area contributed by atoms with E-state index in [9.17, 15) is 8.42 Å². The quantitative estimate of drug-likeness (QED) is 0.752. The van der Waals surface area contributed by atoms with Crippen molar-refractivity contribution in [1.29, 1.82) is 0 Å². The molecule has 0 radical (unpaired) electrons. The molecule has 0 spiro atoms. The van der Waals surface area contributed by atoms with Gasteiger partial charge in [-0.15, -0.1) is 11.6 Å². The SMILES string of the molecule is COc1ccccc1S(=O)(=O)C(C)Cl. The fourth-order valence-electron chi connectivity index (χ4n) is 1.03. The van der Waals surface area contributed by atoms with Gasteiger partial charge in [-0.05, 0) is 19.1 Å². The number of hydrogen-bond acceptors (Lipinski definition) is 3. The van der Waals surface area contributed by atoms with Crippen molar-refractivity contribution < 1.29 is 13.2 Å². The smallest absolute Gasteiger partial charge is 0.198 e. The summed E-state index contributed by atoms with van der Waals surface area (Å²) in [6, 6.07) is 6.41. The van der Waals surface area contributed by atoms with Gasteiger partial charge in [-0.3, -0.25) is 0 Å². The van der Waals surface area contributed by atoms with Crippen molar-refractivity contribution in [3.8, 4) is 5.75 Å². The summed E-state index contributed by atoms with van der Waals surface area (Å²) in [4.78, 5) is 0.130. The highest BCUT2D eigenvalue weighted by Crippen LogP contribution is 2.27. The molecule has 0 fully saturated rings. The number of ether oxygens (including phenoxy) is 1. The molecule has 0 saturated heterocycles. The van der Waals surface area contributed by atoms with E-state index in [1.54, 1.807) is 18.2 Å². The Balaban J connectivity index is 3.32. The molecule has 0 aliphatic heterocycles. The number of alkyl halides is 1. The number of para-hydroxylation sites is 1.